The first-order chi connectivity index (χ1) is 9.66. The molecule has 1 fully saturated rings. The molecule has 2 aromatic rings. The minimum Gasteiger partial charge on any atom is -0.390 e. The molecule has 108 valence electrons. The van der Waals surface area contributed by atoms with Gasteiger partial charge in [-0.05, 0) is 36.9 Å². The summed E-state index contributed by atoms with van der Waals surface area (Å²) in [6.07, 6.45) is 3.81. The van der Waals surface area contributed by atoms with Gasteiger partial charge in [0.25, 0.3) is 0 Å². The summed E-state index contributed by atoms with van der Waals surface area (Å²) in [6, 6.07) is 1.90. The highest BCUT2D eigenvalue weighted by Crippen LogP contribution is 2.25. The average molecular weight is 297 g/mol. The molecule has 0 bridgehead atoms. The van der Waals surface area contributed by atoms with Crippen molar-refractivity contribution in [3.05, 3.63) is 17.5 Å². The van der Waals surface area contributed by atoms with Gasteiger partial charge in [-0.2, -0.15) is 4.98 Å². The number of aromatic nitrogens is 3. The monoisotopic (exact) mass is 296 g/mol. The zero-order valence-electron chi connectivity index (χ0n) is 11.0. The van der Waals surface area contributed by atoms with Crippen LogP contribution in [0, 0.1) is 0 Å². The van der Waals surface area contributed by atoms with Gasteiger partial charge < -0.3 is 20.1 Å². The zero-order valence-corrected chi connectivity index (χ0v) is 11.8. The second-order valence-corrected chi connectivity index (χ2v) is 5.43. The summed E-state index contributed by atoms with van der Waals surface area (Å²) in [7, 11) is 0. The van der Waals surface area contributed by atoms with Gasteiger partial charge in [0, 0.05) is 26.0 Å². The van der Waals surface area contributed by atoms with Gasteiger partial charge in [0.15, 0.2) is 0 Å². The molecule has 0 amide bonds. The minimum absolute atomic E-state index is 0.201. The van der Waals surface area contributed by atoms with Crippen LogP contribution in [0.3, 0.4) is 0 Å². The Hall–Kier alpha value is -1.37. The Kier molecular flexibility index (Phi) is 3.78. The standard InChI is InChI=1S/C13H17ClN4O2/c14-12-17-10-9(1-5-15-10)11(18-12)16-6-2-13(19)3-7-20-8-4-13/h1,5,19H,2-4,6-8H2,(H2,15,16,17,18). The van der Waals surface area contributed by atoms with Crippen LogP contribution in [0.1, 0.15) is 19.3 Å². The minimum atomic E-state index is -0.640. The Balaban J connectivity index is 1.66. The fraction of sp³-hybridized carbons (Fsp3) is 0.538. The van der Waals surface area contributed by atoms with Crippen LogP contribution in [0.5, 0.6) is 0 Å². The van der Waals surface area contributed by atoms with E-state index in [1.165, 1.54) is 0 Å². The van der Waals surface area contributed by atoms with Crippen molar-refractivity contribution in [2.45, 2.75) is 24.9 Å². The van der Waals surface area contributed by atoms with Crippen LogP contribution in [0.25, 0.3) is 11.0 Å². The van der Waals surface area contributed by atoms with E-state index in [0.717, 1.165) is 5.39 Å². The maximum absolute atomic E-state index is 10.4. The van der Waals surface area contributed by atoms with E-state index in [1.54, 1.807) is 6.20 Å². The lowest BCUT2D eigenvalue weighted by atomic mass is 9.91. The van der Waals surface area contributed by atoms with E-state index in [2.05, 4.69) is 20.3 Å². The molecule has 0 aromatic carbocycles. The van der Waals surface area contributed by atoms with Crippen LogP contribution < -0.4 is 5.32 Å². The van der Waals surface area contributed by atoms with E-state index in [4.69, 9.17) is 16.3 Å². The van der Waals surface area contributed by atoms with E-state index < -0.39 is 5.60 Å². The molecule has 7 heteroatoms. The Morgan fingerprint density at radius 2 is 2.20 bits per heavy atom. The molecule has 20 heavy (non-hydrogen) atoms. The number of halogens is 1. The van der Waals surface area contributed by atoms with Crippen molar-refractivity contribution in [3.63, 3.8) is 0 Å². The SMILES string of the molecule is OC1(CCNc2nc(Cl)nc3[nH]ccc23)CCOCC1. The number of rotatable bonds is 4. The zero-order chi connectivity index (χ0) is 14.0. The topological polar surface area (TPSA) is 83.1 Å². The largest absolute Gasteiger partial charge is 0.390 e. The first-order valence-electron chi connectivity index (χ1n) is 6.71. The molecule has 0 unspecified atom stereocenters. The highest BCUT2D eigenvalue weighted by Gasteiger charge is 2.29. The molecule has 0 radical (unpaired) electrons. The number of aromatic amines is 1. The van der Waals surface area contributed by atoms with Crippen molar-refractivity contribution < 1.29 is 9.84 Å². The normalized spacial score (nSPS) is 18.3. The molecular weight excluding hydrogens is 280 g/mol. The summed E-state index contributed by atoms with van der Waals surface area (Å²) in [5.74, 6) is 0.692. The molecule has 3 N–H and O–H groups in total. The number of fused-ring (bicyclic) bond motifs is 1. The summed E-state index contributed by atoms with van der Waals surface area (Å²) < 4.78 is 5.27. The number of ether oxygens (including phenoxy) is 1. The molecule has 0 saturated carbocycles. The predicted molar refractivity (Wildman–Crippen MR) is 77.0 cm³/mol. The van der Waals surface area contributed by atoms with Gasteiger partial charge in [-0.15, -0.1) is 0 Å². The molecule has 1 aliphatic heterocycles. The van der Waals surface area contributed by atoms with Crippen molar-refractivity contribution in [1.82, 2.24) is 15.0 Å². The summed E-state index contributed by atoms with van der Waals surface area (Å²) >= 11 is 5.89. The van der Waals surface area contributed by atoms with Crippen molar-refractivity contribution in [2.24, 2.45) is 0 Å². The average Bonchev–Trinajstić information content (AvgIpc) is 2.87. The number of nitrogens with one attached hydrogen (secondary N) is 2. The molecule has 0 aliphatic carbocycles. The third kappa shape index (κ3) is 2.87. The third-order valence-corrected chi connectivity index (χ3v) is 3.86. The van der Waals surface area contributed by atoms with Crippen molar-refractivity contribution in [2.75, 3.05) is 25.1 Å². The van der Waals surface area contributed by atoms with Crippen molar-refractivity contribution >= 4 is 28.5 Å². The first-order valence-corrected chi connectivity index (χ1v) is 7.09. The van der Waals surface area contributed by atoms with Crippen molar-refractivity contribution in [1.29, 1.82) is 0 Å². The lowest BCUT2D eigenvalue weighted by Crippen LogP contribution is -2.37. The maximum Gasteiger partial charge on any atom is 0.226 e. The van der Waals surface area contributed by atoms with Crippen LogP contribution in [-0.2, 0) is 4.74 Å². The van der Waals surface area contributed by atoms with Gasteiger partial charge in [-0.25, -0.2) is 4.98 Å². The molecule has 3 heterocycles. The van der Waals surface area contributed by atoms with E-state index in [9.17, 15) is 5.11 Å². The fourth-order valence-corrected chi connectivity index (χ4v) is 2.63. The molecule has 1 aliphatic rings. The number of hydrogen-bond acceptors (Lipinski definition) is 5. The summed E-state index contributed by atoms with van der Waals surface area (Å²) in [6.45, 7) is 1.87. The molecule has 0 atom stereocenters. The van der Waals surface area contributed by atoms with Crippen LogP contribution in [0.4, 0.5) is 5.82 Å². The van der Waals surface area contributed by atoms with E-state index >= 15 is 0 Å². The quantitative estimate of drug-likeness (QED) is 0.751. The van der Waals surface area contributed by atoms with Gasteiger partial charge in [-0.1, -0.05) is 0 Å². The highest BCUT2D eigenvalue weighted by atomic mass is 35.5. The van der Waals surface area contributed by atoms with Crippen LogP contribution in [0.15, 0.2) is 12.3 Å². The first kappa shape index (κ1) is 13.6. The second kappa shape index (κ2) is 5.55. The van der Waals surface area contributed by atoms with Gasteiger partial charge in [-0.3, -0.25) is 0 Å². The molecule has 1 saturated heterocycles. The molecular formula is C13H17ClN4O2. The Bertz CT molecular complexity index is 595. The summed E-state index contributed by atoms with van der Waals surface area (Å²) in [5, 5.41) is 14.7. The fourth-order valence-electron chi connectivity index (χ4n) is 2.46. The smallest absolute Gasteiger partial charge is 0.226 e. The van der Waals surface area contributed by atoms with E-state index in [-0.39, 0.29) is 5.28 Å². The third-order valence-electron chi connectivity index (χ3n) is 3.69. The lowest BCUT2D eigenvalue weighted by molar-refractivity contribution is -0.0657. The summed E-state index contributed by atoms with van der Waals surface area (Å²) in [5.41, 5.74) is 0.0663. The number of anilines is 1. The lowest BCUT2D eigenvalue weighted by Gasteiger charge is -2.32. The molecule has 6 nitrogen and oxygen atoms in total. The number of aliphatic hydroxyl groups is 1. The van der Waals surface area contributed by atoms with Gasteiger partial charge in [0.2, 0.25) is 5.28 Å². The number of H-pyrrole nitrogens is 1. The predicted octanol–water partition coefficient (Wildman–Crippen LogP) is 1.95. The number of nitrogens with zero attached hydrogens (tertiary/aromatic N) is 2. The maximum atomic E-state index is 10.4. The van der Waals surface area contributed by atoms with E-state index in [0.29, 0.717) is 50.5 Å². The van der Waals surface area contributed by atoms with Gasteiger partial charge in [0.1, 0.15) is 11.5 Å². The molecule has 2 aromatic heterocycles. The van der Waals surface area contributed by atoms with E-state index in [1.807, 2.05) is 6.07 Å². The Morgan fingerprint density at radius 3 is 3.00 bits per heavy atom. The molecule has 3 rings (SSSR count). The number of hydrogen-bond donors (Lipinski definition) is 3. The summed E-state index contributed by atoms with van der Waals surface area (Å²) in [4.78, 5) is 11.3. The second-order valence-electron chi connectivity index (χ2n) is 5.09. The van der Waals surface area contributed by atoms with Gasteiger partial charge in [0.05, 0.1) is 11.0 Å². The van der Waals surface area contributed by atoms with Crippen LogP contribution in [0.2, 0.25) is 5.28 Å². The Morgan fingerprint density at radius 1 is 1.40 bits per heavy atom. The van der Waals surface area contributed by atoms with Crippen molar-refractivity contribution in [3.8, 4) is 0 Å². The van der Waals surface area contributed by atoms with Crippen LogP contribution in [-0.4, -0.2) is 45.4 Å². The Labute approximate surface area is 121 Å². The van der Waals surface area contributed by atoms with Gasteiger partial charge >= 0.3 is 0 Å². The molecule has 0 spiro atoms. The van der Waals surface area contributed by atoms with Crippen LogP contribution >= 0.6 is 11.6 Å². The highest BCUT2D eigenvalue weighted by molar-refractivity contribution is 6.28.